The lowest BCUT2D eigenvalue weighted by Gasteiger charge is -2.27. The molecule has 0 fully saturated rings. The maximum atomic E-state index is 12.5. The number of ketones is 1. The molecule has 3 nitrogen and oxygen atoms in total. The first-order valence-corrected chi connectivity index (χ1v) is 22.9. The quantitative estimate of drug-likeness (QED) is 0.0512. The average Bonchev–Trinajstić information content (AvgIpc) is 3.11. The number of hydrazine groups is 1. The number of hydrogen-bond acceptors (Lipinski definition) is 3. The molecule has 49 heavy (non-hydrogen) atoms. The van der Waals surface area contributed by atoms with E-state index in [0.717, 1.165) is 37.5 Å². The van der Waals surface area contributed by atoms with Gasteiger partial charge in [0, 0.05) is 25.9 Å². The lowest BCUT2D eigenvalue weighted by atomic mass is 9.90. The molecule has 1 N–H and O–H groups in total. The molecule has 0 aliphatic heterocycles. The highest BCUT2D eigenvalue weighted by Crippen LogP contribution is 2.25. The van der Waals surface area contributed by atoms with Gasteiger partial charge in [0.2, 0.25) is 0 Å². The van der Waals surface area contributed by atoms with Gasteiger partial charge in [0.25, 0.3) is 0 Å². The van der Waals surface area contributed by atoms with Crippen LogP contribution < -0.4 is 5.43 Å². The van der Waals surface area contributed by atoms with Crippen molar-refractivity contribution >= 4 is 5.78 Å². The van der Waals surface area contributed by atoms with E-state index in [2.05, 4.69) is 52.2 Å². The van der Waals surface area contributed by atoms with Crippen molar-refractivity contribution in [3.05, 3.63) is 0 Å². The Kier molecular flexibility index (Phi) is 38.5. The molecule has 0 heterocycles. The topological polar surface area (TPSA) is 32.3 Å². The van der Waals surface area contributed by atoms with Crippen molar-refractivity contribution in [1.29, 1.82) is 0 Å². The first kappa shape index (κ1) is 48.6. The third-order valence-electron chi connectivity index (χ3n) is 11.7. The van der Waals surface area contributed by atoms with Crippen LogP contribution >= 0.6 is 0 Å². The van der Waals surface area contributed by atoms with Crippen molar-refractivity contribution in [3.8, 4) is 0 Å². The molecule has 0 saturated heterocycles. The Labute approximate surface area is 311 Å². The van der Waals surface area contributed by atoms with Crippen molar-refractivity contribution in [2.24, 2.45) is 11.8 Å². The van der Waals surface area contributed by atoms with Crippen LogP contribution in [0.4, 0.5) is 0 Å². The summed E-state index contributed by atoms with van der Waals surface area (Å²) in [6, 6.07) is 0.666. The van der Waals surface area contributed by atoms with Crippen molar-refractivity contribution < 1.29 is 4.79 Å². The highest BCUT2D eigenvalue weighted by molar-refractivity contribution is 5.78. The van der Waals surface area contributed by atoms with Crippen molar-refractivity contribution in [3.63, 3.8) is 0 Å². The van der Waals surface area contributed by atoms with Gasteiger partial charge in [-0.05, 0) is 44.6 Å². The zero-order valence-electron chi connectivity index (χ0n) is 35.0. The fourth-order valence-electron chi connectivity index (χ4n) is 8.04. The van der Waals surface area contributed by atoms with Crippen LogP contribution in [0.25, 0.3) is 0 Å². The lowest BCUT2D eigenvalue weighted by molar-refractivity contribution is -0.119. The van der Waals surface area contributed by atoms with Gasteiger partial charge in [0.15, 0.2) is 0 Å². The van der Waals surface area contributed by atoms with E-state index in [1.165, 1.54) is 205 Å². The average molecular weight is 691 g/mol. The number of unbranched alkanes of at least 4 members (excludes halogenated alkanes) is 20. The number of Topliss-reactive ketones (excluding diaryl/α,β-unsaturated/α-hetero) is 1. The van der Waals surface area contributed by atoms with Gasteiger partial charge in [-0.3, -0.25) is 10.2 Å². The molecule has 0 aromatic heterocycles. The Morgan fingerprint density at radius 1 is 0.408 bits per heavy atom. The van der Waals surface area contributed by atoms with Crippen LogP contribution in [-0.2, 0) is 4.79 Å². The summed E-state index contributed by atoms with van der Waals surface area (Å²) in [7, 11) is 4.31. The lowest BCUT2D eigenvalue weighted by Crippen LogP contribution is -2.40. The predicted molar refractivity (Wildman–Crippen MR) is 222 cm³/mol. The minimum Gasteiger partial charge on any atom is -0.300 e. The second-order valence-electron chi connectivity index (χ2n) is 16.3. The Morgan fingerprint density at radius 2 is 0.735 bits per heavy atom. The second-order valence-corrected chi connectivity index (χ2v) is 16.3. The van der Waals surface area contributed by atoms with Crippen LogP contribution in [0.2, 0.25) is 0 Å². The van der Waals surface area contributed by atoms with E-state index in [1.807, 2.05) is 0 Å². The van der Waals surface area contributed by atoms with Gasteiger partial charge in [-0.15, -0.1) is 0 Å². The minimum atomic E-state index is 0.524. The van der Waals surface area contributed by atoms with Gasteiger partial charge in [0.1, 0.15) is 5.78 Å². The highest BCUT2D eigenvalue weighted by atomic mass is 16.1. The summed E-state index contributed by atoms with van der Waals surface area (Å²) in [5.74, 6) is 2.32. The molecule has 2 unspecified atom stereocenters. The van der Waals surface area contributed by atoms with Gasteiger partial charge < -0.3 is 0 Å². The molecule has 3 heteroatoms. The number of nitrogens with zero attached hydrogens (tertiary/aromatic N) is 1. The SMILES string of the molecule is CCCCCCC(CCCC)CCCCCCCCCCCCC(CCCCCCCCC(=O)CCC(CCCC)CCCC)N(C)NC. The Morgan fingerprint density at radius 3 is 1.14 bits per heavy atom. The van der Waals surface area contributed by atoms with Crippen molar-refractivity contribution in [2.45, 2.75) is 265 Å². The molecule has 0 saturated carbocycles. The Bertz CT molecular complexity index is 643. The first-order chi connectivity index (χ1) is 24.0. The fraction of sp³-hybridized carbons (Fsp3) is 0.978. The number of carbonyl (C=O) groups is 1. The van der Waals surface area contributed by atoms with Gasteiger partial charge in [-0.1, -0.05) is 220 Å². The number of nitrogens with one attached hydrogen (secondary N) is 1. The summed E-state index contributed by atoms with van der Waals surface area (Å²) in [4.78, 5) is 12.5. The molecule has 0 aromatic carbocycles. The maximum Gasteiger partial charge on any atom is 0.132 e. The Balaban J connectivity index is 3.83. The van der Waals surface area contributed by atoms with E-state index in [9.17, 15) is 4.79 Å². The van der Waals surface area contributed by atoms with Gasteiger partial charge in [-0.2, -0.15) is 0 Å². The monoisotopic (exact) mass is 691 g/mol. The zero-order valence-corrected chi connectivity index (χ0v) is 35.0. The summed E-state index contributed by atoms with van der Waals surface area (Å²) in [5, 5.41) is 2.36. The smallest absolute Gasteiger partial charge is 0.132 e. The van der Waals surface area contributed by atoms with E-state index >= 15 is 0 Å². The molecular weight excluding hydrogens is 597 g/mol. The van der Waals surface area contributed by atoms with Gasteiger partial charge in [0.05, 0.1) is 0 Å². The van der Waals surface area contributed by atoms with Gasteiger partial charge in [-0.25, -0.2) is 5.01 Å². The van der Waals surface area contributed by atoms with Crippen LogP contribution in [-0.4, -0.2) is 30.9 Å². The van der Waals surface area contributed by atoms with E-state index in [4.69, 9.17) is 0 Å². The van der Waals surface area contributed by atoms with E-state index < -0.39 is 0 Å². The second kappa shape index (κ2) is 38.8. The van der Waals surface area contributed by atoms with E-state index in [-0.39, 0.29) is 0 Å². The predicted octanol–water partition coefficient (Wildman–Crippen LogP) is 15.3. The molecule has 0 spiro atoms. The van der Waals surface area contributed by atoms with E-state index in [1.54, 1.807) is 0 Å². The first-order valence-electron chi connectivity index (χ1n) is 22.9. The number of carbonyl (C=O) groups excluding carboxylic acids is 1. The molecule has 0 aliphatic carbocycles. The van der Waals surface area contributed by atoms with Crippen LogP contribution in [0.1, 0.15) is 259 Å². The van der Waals surface area contributed by atoms with Crippen LogP contribution in [0.15, 0.2) is 0 Å². The van der Waals surface area contributed by atoms with Crippen LogP contribution in [0.5, 0.6) is 0 Å². The molecule has 0 amide bonds. The molecule has 0 bridgehead atoms. The minimum absolute atomic E-state index is 0.524. The summed E-state index contributed by atoms with van der Waals surface area (Å²) in [5.41, 5.74) is 3.40. The molecule has 0 rings (SSSR count). The molecule has 0 aromatic rings. The summed E-state index contributed by atoms with van der Waals surface area (Å²) >= 11 is 0. The fourth-order valence-corrected chi connectivity index (χ4v) is 8.04. The third kappa shape index (κ3) is 33.2. The summed E-state index contributed by atoms with van der Waals surface area (Å²) < 4.78 is 0. The van der Waals surface area contributed by atoms with Crippen molar-refractivity contribution in [1.82, 2.24) is 10.4 Å². The molecular formula is C46H94N2O. The molecule has 0 radical (unpaired) electrons. The third-order valence-corrected chi connectivity index (χ3v) is 11.7. The highest BCUT2D eigenvalue weighted by Gasteiger charge is 2.14. The molecule has 2 atom stereocenters. The largest absolute Gasteiger partial charge is 0.300 e. The number of hydrogen-bond donors (Lipinski definition) is 1. The normalized spacial score (nSPS) is 13.1. The van der Waals surface area contributed by atoms with Crippen LogP contribution in [0.3, 0.4) is 0 Å². The van der Waals surface area contributed by atoms with Gasteiger partial charge >= 0.3 is 0 Å². The standard InChI is InChI=1S/C46H94N2O/c1-7-11-15-28-36-43(33-12-8-2)37-29-24-20-18-16-17-19-21-25-30-38-45(48(6)47-5)39-31-26-22-23-27-32-40-46(49)42-41-44(34-13-9-3)35-14-10-4/h43-45,47H,7-42H2,1-6H3. The summed E-state index contributed by atoms with van der Waals surface area (Å²) in [6.45, 7) is 9.24. The maximum absolute atomic E-state index is 12.5. The number of rotatable bonds is 41. The van der Waals surface area contributed by atoms with Crippen LogP contribution in [0, 0.1) is 11.8 Å². The summed E-state index contributed by atoms with van der Waals surface area (Å²) in [6.07, 6.45) is 48.4. The van der Waals surface area contributed by atoms with Crippen molar-refractivity contribution in [2.75, 3.05) is 14.1 Å². The van der Waals surface area contributed by atoms with E-state index in [0.29, 0.717) is 11.8 Å². The zero-order chi connectivity index (χ0) is 36.0. The molecule has 0 aliphatic rings. The Hall–Kier alpha value is -0.410. The molecule has 294 valence electrons.